The highest BCUT2D eigenvalue weighted by Gasteiger charge is 2.29. The van der Waals surface area contributed by atoms with E-state index in [0.717, 1.165) is 35.2 Å². The van der Waals surface area contributed by atoms with Crippen LogP contribution >= 0.6 is 23.2 Å². The lowest BCUT2D eigenvalue weighted by atomic mass is 9.80. The molecule has 1 aromatic rings. The number of halogens is 2. The molecule has 1 aliphatic rings. The van der Waals surface area contributed by atoms with Gasteiger partial charge in [0.15, 0.2) is 0 Å². The van der Waals surface area contributed by atoms with Gasteiger partial charge in [-0.3, -0.25) is 4.68 Å². The molecule has 1 aromatic heterocycles. The summed E-state index contributed by atoms with van der Waals surface area (Å²) in [6, 6.07) is 0. The van der Waals surface area contributed by atoms with Gasteiger partial charge in [0.2, 0.25) is 0 Å². The summed E-state index contributed by atoms with van der Waals surface area (Å²) in [6.45, 7) is 4.26. The summed E-state index contributed by atoms with van der Waals surface area (Å²) in [6.07, 6.45) is 4.54. The van der Waals surface area contributed by atoms with Gasteiger partial charge in [0.05, 0.1) is 16.4 Å². The minimum Gasteiger partial charge on any atom is -0.271 e. The quantitative estimate of drug-likeness (QED) is 0.747. The molecule has 0 aliphatic heterocycles. The molecule has 96 valence electrons. The SMILES string of the molecule is Cc1nn(C)c(CC2CC(C)CCC2Cl)c1Cl. The average molecular weight is 275 g/mol. The molecular weight excluding hydrogens is 255 g/mol. The number of alkyl halides is 1. The Hall–Kier alpha value is -0.210. The van der Waals surface area contributed by atoms with E-state index in [-0.39, 0.29) is 5.38 Å². The lowest BCUT2D eigenvalue weighted by molar-refractivity contribution is 0.284. The van der Waals surface area contributed by atoms with Crippen molar-refractivity contribution < 1.29 is 0 Å². The first-order chi connectivity index (χ1) is 7.99. The van der Waals surface area contributed by atoms with E-state index in [2.05, 4.69) is 12.0 Å². The first-order valence-corrected chi connectivity index (χ1v) is 7.12. The highest BCUT2D eigenvalue weighted by Crippen LogP contribution is 2.36. The molecule has 0 N–H and O–H groups in total. The molecule has 0 amide bonds. The maximum atomic E-state index is 6.44. The van der Waals surface area contributed by atoms with E-state index < -0.39 is 0 Å². The van der Waals surface area contributed by atoms with Gasteiger partial charge < -0.3 is 0 Å². The first-order valence-electron chi connectivity index (χ1n) is 6.31. The molecule has 0 saturated heterocycles. The molecular formula is C13H20Cl2N2. The first kappa shape index (κ1) is 13.2. The fraction of sp³-hybridized carbons (Fsp3) is 0.769. The summed E-state index contributed by atoms with van der Waals surface area (Å²) >= 11 is 12.7. The molecule has 0 aromatic carbocycles. The minimum absolute atomic E-state index is 0.289. The molecule has 3 atom stereocenters. The Morgan fingerprint density at radius 2 is 2.12 bits per heavy atom. The zero-order valence-electron chi connectivity index (χ0n) is 10.7. The lowest BCUT2D eigenvalue weighted by Gasteiger charge is -2.31. The molecule has 1 saturated carbocycles. The average Bonchev–Trinajstić information content (AvgIpc) is 2.50. The Kier molecular flexibility index (Phi) is 4.04. The summed E-state index contributed by atoms with van der Waals surface area (Å²) in [5, 5.41) is 5.47. The summed E-state index contributed by atoms with van der Waals surface area (Å²) in [5.41, 5.74) is 2.05. The Morgan fingerprint density at radius 1 is 1.41 bits per heavy atom. The Balaban J connectivity index is 2.14. The van der Waals surface area contributed by atoms with Gasteiger partial charge in [0, 0.05) is 12.4 Å². The van der Waals surface area contributed by atoms with E-state index in [1.807, 2.05) is 18.7 Å². The Morgan fingerprint density at radius 3 is 2.71 bits per heavy atom. The van der Waals surface area contributed by atoms with Gasteiger partial charge in [-0.25, -0.2) is 0 Å². The molecule has 17 heavy (non-hydrogen) atoms. The van der Waals surface area contributed by atoms with Crippen LogP contribution in [0.1, 0.15) is 37.6 Å². The predicted molar refractivity (Wildman–Crippen MR) is 72.8 cm³/mol. The van der Waals surface area contributed by atoms with Crippen LogP contribution in [0.15, 0.2) is 0 Å². The van der Waals surface area contributed by atoms with E-state index in [4.69, 9.17) is 23.2 Å². The minimum atomic E-state index is 0.289. The maximum Gasteiger partial charge on any atom is 0.0847 e. The molecule has 0 spiro atoms. The predicted octanol–water partition coefficient (Wildman–Crippen LogP) is 3.97. The normalized spacial score (nSPS) is 29.6. The van der Waals surface area contributed by atoms with Crippen LogP contribution in [0, 0.1) is 18.8 Å². The monoisotopic (exact) mass is 274 g/mol. The van der Waals surface area contributed by atoms with Crippen LogP contribution in [-0.4, -0.2) is 15.2 Å². The summed E-state index contributed by atoms with van der Waals surface area (Å²) < 4.78 is 1.90. The van der Waals surface area contributed by atoms with Gasteiger partial charge in [0.25, 0.3) is 0 Å². The van der Waals surface area contributed by atoms with Crippen LogP contribution in [-0.2, 0) is 13.5 Å². The second-order valence-electron chi connectivity index (χ2n) is 5.37. The van der Waals surface area contributed by atoms with Crippen molar-refractivity contribution in [3.05, 3.63) is 16.4 Å². The molecule has 1 fully saturated rings. The highest BCUT2D eigenvalue weighted by atomic mass is 35.5. The second-order valence-corrected chi connectivity index (χ2v) is 6.31. The van der Waals surface area contributed by atoms with E-state index in [0.29, 0.717) is 5.92 Å². The fourth-order valence-corrected chi connectivity index (χ4v) is 3.38. The number of hydrogen-bond donors (Lipinski definition) is 0. The van der Waals surface area contributed by atoms with Crippen LogP contribution in [0.5, 0.6) is 0 Å². The van der Waals surface area contributed by atoms with E-state index in [9.17, 15) is 0 Å². The van der Waals surface area contributed by atoms with E-state index >= 15 is 0 Å². The Bertz CT molecular complexity index is 400. The van der Waals surface area contributed by atoms with Gasteiger partial charge in [-0.1, -0.05) is 18.5 Å². The van der Waals surface area contributed by atoms with Crippen molar-refractivity contribution in [1.82, 2.24) is 9.78 Å². The van der Waals surface area contributed by atoms with Crippen molar-refractivity contribution in [3.8, 4) is 0 Å². The third kappa shape index (κ3) is 2.79. The number of aromatic nitrogens is 2. The van der Waals surface area contributed by atoms with Crippen LogP contribution in [0.2, 0.25) is 5.02 Å². The van der Waals surface area contributed by atoms with Gasteiger partial charge in [-0.15, -0.1) is 11.6 Å². The van der Waals surface area contributed by atoms with Crippen molar-refractivity contribution in [1.29, 1.82) is 0 Å². The Labute approximate surface area is 113 Å². The van der Waals surface area contributed by atoms with Crippen LogP contribution in [0.4, 0.5) is 0 Å². The third-order valence-electron chi connectivity index (χ3n) is 3.87. The maximum absolute atomic E-state index is 6.44. The molecule has 2 rings (SSSR count). The molecule has 1 aliphatic carbocycles. The topological polar surface area (TPSA) is 17.8 Å². The fourth-order valence-electron chi connectivity index (χ4n) is 2.82. The van der Waals surface area contributed by atoms with Crippen molar-refractivity contribution in [3.63, 3.8) is 0 Å². The van der Waals surface area contributed by atoms with Gasteiger partial charge in [-0.05, 0) is 44.4 Å². The number of nitrogens with zero attached hydrogens (tertiary/aromatic N) is 2. The molecule has 2 nitrogen and oxygen atoms in total. The van der Waals surface area contributed by atoms with Crippen molar-refractivity contribution in [2.75, 3.05) is 0 Å². The van der Waals surface area contributed by atoms with Gasteiger partial charge in [-0.2, -0.15) is 5.10 Å². The highest BCUT2D eigenvalue weighted by molar-refractivity contribution is 6.31. The molecule has 0 bridgehead atoms. The van der Waals surface area contributed by atoms with Crippen molar-refractivity contribution >= 4 is 23.2 Å². The van der Waals surface area contributed by atoms with Crippen molar-refractivity contribution in [2.24, 2.45) is 18.9 Å². The molecule has 0 radical (unpaired) electrons. The summed E-state index contributed by atoms with van der Waals surface area (Å²) in [7, 11) is 1.96. The second kappa shape index (κ2) is 5.19. The summed E-state index contributed by atoms with van der Waals surface area (Å²) in [5.74, 6) is 1.32. The number of hydrogen-bond acceptors (Lipinski definition) is 1. The van der Waals surface area contributed by atoms with Crippen molar-refractivity contribution in [2.45, 2.75) is 44.9 Å². The van der Waals surface area contributed by atoms with Gasteiger partial charge >= 0.3 is 0 Å². The molecule has 3 unspecified atom stereocenters. The smallest absolute Gasteiger partial charge is 0.0847 e. The lowest BCUT2D eigenvalue weighted by Crippen LogP contribution is -2.26. The standard InChI is InChI=1S/C13H20Cl2N2/c1-8-4-5-11(14)10(6-8)7-12-13(15)9(2)16-17(12)3/h8,10-11H,4-7H2,1-3H3. The summed E-state index contributed by atoms with van der Waals surface area (Å²) in [4.78, 5) is 0. The zero-order valence-corrected chi connectivity index (χ0v) is 12.2. The van der Waals surface area contributed by atoms with Crippen LogP contribution in [0.25, 0.3) is 0 Å². The third-order valence-corrected chi connectivity index (χ3v) is 4.94. The van der Waals surface area contributed by atoms with E-state index in [1.54, 1.807) is 0 Å². The molecule has 4 heteroatoms. The largest absolute Gasteiger partial charge is 0.271 e. The molecule has 1 heterocycles. The van der Waals surface area contributed by atoms with Gasteiger partial charge in [0.1, 0.15) is 0 Å². The van der Waals surface area contributed by atoms with Crippen LogP contribution < -0.4 is 0 Å². The van der Waals surface area contributed by atoms with E-state index in [1.165, 1.54) is 12.8 Å². The number of rotatable bonds is 2. The zero-order chi connectivity index (χ0) is 12.6. The van der Waals surface area contributed by atoms with Crippen LogP contribution in [0.3, 0.4) is 0 Å². The number of aryl methyl sites for hydroxylation is 2.